The molecule has 1 heterocycles. The van der Waals surface area contributed by atoms with E-state index in [1.165, 1.54) is 7.11 Å². The molecule has 0 saturated heterocycles. The molecule has 1 amide bonds. The average Bonchev–Trinajstić information content (AvgIpc) is 3.07. The molecule has 134 valence electrons. The van der Waals surface area contributed by atoms with Crippen LogP contribution in [0.5, 0.6) is 11.5 Å². The van der Waals surface area contributed by atoms with E-state index in [-0.39, 0.29) is 5.91 Å². The van der Waals surface area contributed by atoms with Gasteiger partial charge in [-0.2, -0.15) is 5.10 Å². The van der Waals surface area contributed by atoms with Crippen molar-refractivity contribution in [1.82, 2.24) is 9.78 Å². The molecule has 0 aliphatic heterocycles. The number of rotatable bonds is 6. The normalized spacial score (nSPS) is 10.4. The van der Waals surface area contributed by atoms with E-state index in [2.05, 4.69) is 26.3 Å². The lowest BCUT2D eigenvalue weighted by Crippen LogP contribution is -2.17. The Morgan fingerprint density at radius 3 is 2.73 bits per heavy atom. The Labute approximate surface area is 159 Å². The summed E-state index contributed by atoms with van der Waals surface area (Å²) in [5.41, 5.74) is 1.49. The van der Waals surface area contributed by atoms with Crippen LogP contribution in [-0.4, -0.2) is 29.9 Å². The summed E-state index contributed by atoms with van der Waals surface area (Å²) in [6.07, 6.45) is 1.65. The fourth-order valence-corrected chi connectivity index (χ4v) is 2.99. The maximum atomic E-state index is 12.7. The van der Waals surface area contributed by atoms with Crippen molar-refractivity contribution in [2.45, 2.75) is 6.54 Å². The number of amides is 1. The van der Waals surface area contributed by atoms with Gasteiger partial charge in [0.2, 0.25) is 0 Å². The predicted molar refractivity (Wildman–Crippen MR) is 103 cm³/mol. The molecule has 0 spiro atoms. The SMILES string of the molecule is COc1ccc(C(=O)Nc2ccnn2Cc2cccc(Br)c2)c(OC)c1. The third-order valence-electron chi connectivity index (χ3n) is 3.83. The number of benzene rings is 2. The van der Waals surface area contributed by atoms with Crippen LogP contribution in [0.2, 0.25) is 0 Å². The first-order chi connectivity index (χ1) is 12.6. The van der Waals surface area contributed by atoms with Crippen molar-refractivity contribution < 1.29 is 14.3 Å². The summed E-state index contributed by atoms with van der Waals surface area (Å²) < 4.78 is 13.2. The monoisotopic (exact) mass is 415 g/mol. The maximum absolute atomic E-state index is 12.7. The number of anilines is 1. The zero-order valence-corrected chi connectivity index (χ0v) is 16.0. The smallest absolute Gasteiger partial charge is 0.260 e. The fraction of sp³-hybridized carbons (Fsp3) is 0.158. The number of halogens is 1. The quantitative estimate of drug-likeness (QED) is 0.661. The van der Waals surface area contributed by atoms with Gasteiger partial charge in [0.25, 0.3) is 5.91 Å². The predicted octanol–water partition coefficient (Wildman–Crippen LogP) is 3.96. The minimum Gasteiger partial charge on any atom is -0.497 e. The minimum atomic E-state index is -0.277. The standard InChI is InChI=1S/C19H18BrN3O3/c1-25-15-6-7-16(17(11-15)26-2)19(24)22-18-8-9-21-23(18)12-13-4-3-5-14(20)10-13/h3-11H,12H2,1-2H3,(H,22,24). The van der Waals surface area contributed by atoms with Crippen LogP contribution in [0.4, 0.5) is 5.82 Å². The average molecular weight is 416 g/mol. The number of methoxy groups -OCH3 is 2. The van der Waals surface area contributed by atoms with Crippen LogP contribution in [0, 0.1) is 0 Å². The number of hydrogen-bond acceptors (Lipinski definition) is 4. The number of hydrogen-bond donors (Lipinski definition) is 1. The van der Waals surface area contributed by atoms with E-state index in [1.807, 2.05) is 24.3 Å². The molecule has 3 rings (SSSR count). The highest BCUT2D eigenvalue weighted by Crippen LogP contribution is 2.25. The lowest BCUT2D eigenvalue weighted by atomic mass is 10.1. The first-order valence-electron chi connectivity index (χ1n) is 7.90. The van der Waals surface area contributed by atoms with E-state index < -0.39 is 0 Å². The molecular weight excluding hydrogens is 398 g/mol. The van der Waals surface area contributed by atoms with Crippen LogP contribution in [0.15, 0.2) is 59.2 Å². The molecular formula is C19H18BrN3O3. The first-order valence-corrected chi connectivity index (χ1v) is 8.69. The second-order valence-corrected chi connectivity index (χ2v) is 6.44. The Kier molecular flexibility index (Phi) is 5.58. The number of nitrogens with zero attached hydrogens (tertiary/aromatic N) is 2. The summed E-state index contributed by atoms with van der Waals surface area (Å²) in [5.74, 6) is 1.39. The van der Waals surface area contributed by atoms with Gasteiger partial charge < -0.3 is 14.8 Å². The van der Waals surface area contributed by atoms with Gasteiger partial charge in [0.1, 0.15) is 17.3 Å². The number of carbonyl (C=O) groups excluding carboxylic acids is 1. The zero-order valence-electron chi connectivity index (χ0n) is 14.4. The number of ether oxygens (including phenoxy) is 2. The Morgan fingerprint density at radius 1 is 1.15 bits per heavy atom. The summed E-state index contributed by atoms with van der Waals surface area (Å²) in [7, 11) is 3.08. The summed E-state index contributed by atoms with van der Waals surface area (Å²) in [5, 5.41) is 7.18. The van der Waals surface area contributed by atoms with Crippen LogP contribution >= 0.6 is 15.9 Å². The third kappa shape index (κ3) is 4.05. The van der Waals surface area contributed by atoms with Gasteiger partial charge in [0.15, 0.2) is 0 Å². The highest BCUT2D eigenvalue weighted by Gasteiger charge is 2.15. The molecule has 0 aliphatic carbocycles. The Balaban J connectivity index is 1.80. The van der Waals surface area contributed by atoms with Crippen LogP contribution in [0.25, 0.3) is 0 Å². The third-order valence-corrected chi connectivity index (χ3v) is 4.33. The summed E-state index contributed by atoms with van der Waals surface area (Å²) >= 11 is 3.46. The molecule has 7 heteroatoms. The van der Waals surface area contributed by atoms with Gasteiger partial charge >= 0.3 is 0 Å². The Bertz CT molecular complexity index is 924. The second kappa shape index (κ2) is 8.05. The molecule has 2 aromatic carbocycles. The van der Waals surface area contributed by atoms with Crippen molar-refractivity contribution in [2.75, 3.05) is 19.5 Å². The van der Waals surface area contributed by atoms with Crippen molar-refractivity contribution in [2.24, 2.45) is 0 Å². The molecule has 1 aromatic heterocycles. The highest BCUT2D eigenvalue weighted by atomic mass is 79.9. The highest BCUT2D eigenvalue weighted by molar-refractivity contribution is 9.10. The molecule has 0 saturated carbocycles. The molecule has 0 aliphatic rings. The van der Waals surface area contributed by atoms with Gasteiger partial charge in [-0.25, -0.2) is 4.68 Å². The topological polar surface area (TPSA) is 65.4 Å². The molecule has 0 atom stereocenters. The van der Waals surface area contributed by atoms with Crippen molar-refractivity contribution in [3.05, 3.63) is 70.3 Å². The minimum absolute atomic E-state index is 0.277. The summed E-state index contributed by atoms with van der Waals surface area (Å²) in [4.78, 5) is 12.7. The molecule has 0 unspecified atom stereocenters. The van der Waals surface area contributed by atoms with Gasteiger partial charge in [-0.05, 0) is 29.8 Å². The van der Waals surface area contributed by atoms with Crippen molar-refractivity contribution in [3.63, 3.8) is 0 Å². The summed E-state index contributed by atoms with van der Waals surface area (Å²) in [6.45, 7) is 0.543. The zero-order chi connectivity index (χ0) is 18.5. The van der Waals surface area contributed by atoms with Crippen LogP contribution < -0.4 is 14.8 Å². The lowest BCUT2D eigenvalue weighted by molar-refractivity contribution is 0.102. The largest absolute Gasteiger partial charge is 0.497 e. The van der Waals surface area contributed by atoms with Gasteiger partial charge in [0.05, 0.1) is 32.5 Å². The molecule has 26 heavy (non-hydrogen) atoms. The number of aromatic nitrogens is 2. The van der Waals surface area contributed by atoms with Crippen LogP contribution in [0.1, 0.15) is 15.9 Å². The van der Waals surface area contributed by atoms with Crippen LogP contribution in [-0.2, 0) is 6.54 Å². The van der Waals surface area contributed by atoms with E-state index >= 15 is 0 Å². The van der Waals surface area contributed by atoms with Gasteiger partial charge in [-0.1, -0.05) is 28.1 Å². The van der Waals surface area contributed by atoms with Crippen molar-refractivity contribution in [3.8, 4) is 11.5 Å². The molecule has 0 bridgehead atoms. The van der Waals surface area contributed by atoms with Gasteiger partial charge in [-0.15, -0.1) is 0 Å². The van der Waals surface area contributed by atoms with E-state index in [4.69, 9.17) is 9.47 Å². The fourth-order valence-electron chi connectivity index (χ4n) is 2.54. The van der Waals surface area contributed by atoms with Gasteiger partial charge in [0, 0.05) is 16.6 Å². The Hall–Kier alpha value is -2.80. The van der Waals surface area contributed by atoms with Gasteiger partial charge in [-0.3, -0.25) is 4.79 Å². The Morgan fingerprint density at radius 2 is 2.00 bits per heavy atom. The van der Waals surface area contributed by atoms with E-state index in [1.54, 1.807) is 42.3 Å². The molecule has 6 nitrogen and oxygen atoms in total. The number of carbonyl (C=O) groups is 1. The lowest BCUT2D eigenvalue weighted by Gasteiger charge is -2.12. The maximum Gasteiger partial charge on any atom is 0.260 e. The molecule has 1 N–H and O–H groups in total. The van der Waals surface area contributed by atoms with Crippen LogP contribution in [0.3, 0.4) is 0 Å². The van der Waals surface area contributed by atoms with E-state index in [0.29, 0.717) is 29.4 Å². The first kappa shape index (κ1) is 18.0. The second-order valence-electron chi connectivity index (χ2n) is 5.52. The summed E-state index contributed by atoms with van der Waals surface area (Å²) in [6, 6.07) is 14.8. The van der Waals surface area contributed by atoms with E-state index in [9.17, 15) is 4.79 Å². The number of nitrogens with one attached hydrogen (secondary N) is 1. The van der Waals surface area contributed by atoms with Crippen molar-refractivity contribution >= 4 is 27.7 Å². The van der Waals surface area contributed by atoms with E-state index in [0.717, 1.165) is 10.0 Å². The molecule has 0 radical (unpaired) electrons. The molecule has 0 fully saturated rings. The molecule has 3 aromatic rings. The van der Waals surface area contributed by atoms with Crippen molar-refractivity contribution in [1.29, 1.82) is 0 Å².